The highest BCUT2D eigenvalue weighted by atomic mass is 32.2. The number of benzene rings is 6. The lowest BCUT2D eigenvalue weighted by atomic mass is 9.62. The molecule has 0 radical (unpaired) electrons. The zero-order chi connectivity index (χ0) is 30.0. The highest BCUT2D eigenvalue weighted by molar-refractivity contribution is 7.99. The maximum absolute atomic E-state index is 2.58. The van der Waals surface area contributed by atoms with E-state index < -0.39 is 5.41 Å². The molecule has 0 bridgehead atoms. The molecule has 8 aromatic rings. The van der Waals surface area contributed by atoms with Gasteiger partial charge in [0.2, 0.25) is 0 Å². The van der Waals surface area contributed by atoms with Crippen LogP contribution in [0.5, 0.6) is 0 Å². The summed E-state index contributed by atoms with van der Waals surface area (Å²) in [6.45, 7) is 0. The van der Waals surface area contributed by atoms with E-state index >= 15 is 0 Å². The first-order valence-electron chi connectivity index (χ1n) is 16.1. The van der Waals surface area contributed by atoms with E-state index in [1.54, 1.807) is 0 Å². The van der Waals surface area contributed by atoms with Crippen molar-refractivity contribution in [1.29, 1.82) is 0 Å². The smallest absolute Gasteiger partial charge is 0.0764 e. The van der Waals surface area contributed by atoms with Crippen molar-refractivity contribution in [2.24, 2.45) is 0 Å². The van der Waals surface area contributed by atoms with Crippen LogP contribution in [0.4, 0.5) is 0 Å². The van der Waals surface area contributed by atoms with Gasteiger partial charge >= 0.3 is 0 Å². The molecule has 216 valence electrons. The Labute approximate surface area is 270 Å². The van der Waals surface area contributed by atoms with E-state index in [2.05, 4.69) is 161 Å². The van der Waals surface area contributed by atoms with Crippen molar-refractivity contribution in [1.82, 2.24) is 9.13 Å². The molecule has 3 heteroatoms. The Morgan fingerprint density at radius 3 is 2.13 bits per heavy atom. The highest BCUT2D eigenvalue weighted by Crippen LogP contribution is 2.61. The SMILES string of the molecule is C1=CCC(n2c3ccccc3c3cc4c(cc32)Sc2ccccc2C42c3ccccc3-n3c4ccccc4c4cccc2c43)C=C1. The molecule has 4 heterocycles. The molecule has 6 aromatic carbocycles. The summed E-state index contributed by atoms with van der Waals surface area (Å²) in [5.74, 6) is 0. The van der Waals surface area contributed by atoms with Gasteiger partial charge in [0.25, 0.3) is 0 Å². The zero-order valence-corrected chi connectivity index (χ0v) is 25.8. The second-order valence-corrected chi connectivity index (χ2v) is 13.9. The van der Waals surface area contributed by atoms with Crippen molar-refractivity contribution in [3.63, 3.8) is 0 Å². The predicted octanol–water partition coefficient (Wildman–Crippen LogP) is 11.1. The van der Waals surface area contributed by atoms with Crippen LogP contribution in [-0.2, 0) is 5.41 Å². The maximum Gasteiger partial charge on any atom is 0.0764 e. The molecular weight excluding hydrogens is 577 g/mol. The third kappa shape index (κ3) is 2.95. The third-order valence-corrected chi connectivity index (χ3v) is 11.8. The number of hydrogen-bond donors (Lipinski definition) is 0. The van der Waals surface area contributed by atoms with E-state index in [-0.39, 0.29) is 0 Å². The Morgan fingerprint density at radius 2 is 1.26 bits per heavy atom. The summed E-state index contributed by atoms with van der Waals surface area (Å²) in [7, 11) is 0. The van der Waals surface area contributed by atoms with Crippen molar-refractivity contribution >= 4 is 55.4 Å². The van der Waals surface area contributed by atoms with Crippen LogP contribution in [0.15, 0.2) is 161 Å². The summed E-state index contributed by atoms with van der Waals surface area (Å²) in [5.41, 5.74) is 11.4. The second kappa shape index (κ2) is 8.93. The van der Waals surface area contributed by atoms with Gasteiger partial charge in [0.15, 0.2) is 0 Å². The lowest BCUT2D eigenvalue weighted by Crippen LogP contribution is -2.37. The lowest BCUT2D eigenvalue weighted by molar-refractivity contribution is 0.646. The quantitative estimate of drug-likeness (QED) is 0.181. The van der Waals surface area contributed by atoms with E-state index in [0.29, 0.717) is 6.04 Å². The zero-order valence-electron chi connectivity index (χ0n) is 25.0. The fourth-order valence-electron chi connectivity index (χ4n) is 8.93. The molecule has 0 fully saturated rings. The Bertz CT molecular complexity index is 2670. The minimum absolute atomic E-state index is 0.292. The molecule has 3 aliphatic rings. The highest BCUT2D eigenvalue weighted by Gasteiger charge is 2.49. The van der Waals surface area contributed by atoms with Crippen molar-refractivity contribution in [3.05, 3.63) is 174 Å². The van der Waals surface area contributed by atoms with Gasteiger partial charge in [-0.05, 0) is 65.1 Å². The molecule has 46 heavy (non-hydrogen) atoms. The summed E-state index contributed by atoms with van der Waals surface area (Å²) in [6.07, 6.45) is 10.0. The third-order valence-electron chi connectivity index (χ3n) is 10.7. The molecule has 1 spiro atoms. The normalized spacial score (nSPS) is 19.3. The minimum atomic E-state index is -0.470. The molecule has 1 aliphatic carbocycles. The van der Waals surface area contributed by atoms with Crippen LogP contribution in [0.2, 0.25) is 0 Å². The van der Waals surface area contributed by atoms with Crippen molar-refractivity contribution in [2.45, 2.75) is 27.7 Å². The molecule has 11 rings (SSSR count). The first-order chi connectivity index (χ1) is 22.8. The molecule has 0 saturated heterocycles. The Morgan fingerprint density at radius 1 is 0.543 bits per heavy atom. The number of allylic oxidation sites excluding steroid dienone is 4. The van der Waals surface area contributed by atoms with E-state index in [1.165, 1.54) is 81.3 Å². The topological polar surface area (TPSA) is 9.86 Å². The maximum atomic E-state index is 2.58. The average Bonchev–Trinajstić information content (AvgIpc) is 3.63. The first-order valence-corrected chi connectivity index (χ1v) is 17.0. The molecule has 2 unspecified atom stereocenters. The van der Waals surface area contributed by atoms with Crippen LogP contribution in [0.1, 0.15) is 34.7 Å². The Balaban J connectivity index is 1.35. The number of aromatic nitrogens is 2. The molecule has 2 nitrogen and oxygen atoms in total. The molecule has 0 saturated carbocycles. The van der Waals surface area contributed by atoms with E-state index in [1.807, 2.05) is 11.8 Å². The van der Waals surface area contributed by atoms with E-state index in [9.17, 15) is 0 Å². The van der Waals surface area contributed by atoms with Crippen molar-refractivity contribution in [2.75, 3.05) is 0 Å². The molecule has 2 aromatic heterocycles. The van der Waals surface area contributed by atoms with Crippen LogP contribution in [0, 0.1) is 0 Å². The number of fused-ring (bicyclic) bond motifs is 14. The standard InChI is InChI=1S/C43H28N2S/c1-2-13-27(14-3-1)44-36-21-8-5-16-29(36)31-25-35-41(26-39(31)44)46-40-24-11-7-19-33(40)43(35)32-18-6-10-23-38(32)45-37-22-9-4-15-28(37)30-17-12-20-34(43)42(30)45/h1-13,15-27H,14H2. The van der Waals surface area contributed by atoms with Crippen LogP contribution in [0.25, 0.3) is 49.3 Å². The summed E-state index contributed by atoms with van der Waals surface area (Å²) in [5, 5.41) is 5.26. The van der Waals surface area contributed by atoms with Gasteiger partial charge in [-0.1, -0.05) is 127 Å². The molecule has 2 atom stereocenters. The first kappa shape index (κ1) is 25.0. The Kier molecular flexibility index (Phi) is 4.85. The van der Waals surface area contributed by atoms with E-state index in [4.69, 9.17) is 0 Å². The fraction of sp³-hybridized carbons (Fsp3) is 0.0698. The average molecular weight is 605 g/mol. The van der Waals surface area contributed by atoms with Crippen molar-refractivity contribution in [3.8, 4) is 5.69 Å². The van der Waals surface area contributed by atoms with Gasteiger partial charge in [-0.15, -0.1) is 0 Å². The van der Waals surface area contributed by atoms with Gasteiger partial charge < -0.3 is 9.13 Å². The van der Waals surface area contributed by atoms with Crippen LogP contribution >= 0.6 is 11.8 Å². The van der Waals surface area contributed by atoms with Crippen molar-refractivity contribution < 1.29 is 0 Å². The second-order valence-electron chi connectivity index (χ2n) is 12.8. The van der Waals surface area contributed by atoms with Gasteiger partial charge in [0, 0.05) is 36.9 Å². The predicted molar refractivity (Wildman–Crippen MR) is 192 cm³/mol. The van der Waals surface area contributed by atoms with Crippen LogP contribution < -0.4 is 0 Å². The lowest BCUT2D eigenvalue weighted by Gasteiger charge is -2.45. The van der Waals surface area contributed by atoms with Gasteiger partial charge in [0.05, 0.1) is 33.7 Å². The summed E-state index contributed by atoms with van der Waals surface area (Å²) < 4.78 is 5.10. The molecular formula is C43H28N2S. The van der Waals surface area contributed by atoms with Gasteiger partial charge in [-0.3, -0.25) is 0 Å². The Hall–Kier alpha value is -5.25. The minimum Gasteiger partial charge on any atom is -0.333 e. The van der Waals surface area contributed by atoms with Crippen LogP contribution in [0.3, 0.4) is 0 Å². The summed E-state index contributed by atoms with van der Waals surface area (Å²) in [4.78, 5) is 2.66. The number of para-hydroxylation sites is 4. The van der Waals surface area contributed by atoms with Gasteiger partial charge in [0.1, 0.15) is 0 Å². The number of rotatable bonds is 1. The summed E-state index contributed by atoms with van der Waals surface area (Å²) in [6, 6.07) is 48.5. The van der Waals surface area contributed by atoms with Gasteiger partial charge in [-0.2, -0.15) is 0 Å². The van der Waals surface area contributed by atoms with Gasteiger partial charge in [-0.25, -0.2) is 0 Å². The van der Waals surface area contributed by atoms with E-state index in [0.717, 1.165) is 6.42 Å². The van der Waals surface area contributed by atoms with Crippen LogP contribution in [-0.4, -0.2) is 9.13 Å². The molecule has 2 aliphatic heterocycles. The monoisotopic (exact) mass is 604 g/mol. The fourth-order valence-corrected chi connectivity index (χ4v) is 10.1. The number of hydrogen-bond acceptors (Lipinski definition) is 1. The number of nitrogens with zero attached hydrogens (tertiary/aromatic N) is 2. The molecule has 0 N–H and O–H groups in total. The largest absolute Gasteiger partial charge is 0.333 e. The molecule has 0 amide bonds. The summed E-state index contributed by atoms with van der Waals surface area (Å²) >= 11 is 1.93.